The largest absolute Gasteiger partial charge is 0.481 e. The first kappa shape index (κ1) is 14.0. The molecule has 5 rings (SSSR count). The summed E-state index contributed by atoms with van der Waals surface area (Å²) in [6.45, 7) is 0. The van der Waals surface area contributed by atoms with Crippen LogP contribution >= 0.6 is 15.9 Å². The maximum absolute atomic E-state index is 12.7. The number of fused-ring (bicyclic) bond motifs is 1. The Balaban J connectivity index is 1.60. The number of hydrogen-bond donors (Lipinski definition) is 2. The predicted molar refractivity (Wildman–Crippen MR) is 85.1 cm³/mol. The summed E-state index contributed by atoms with van der Waals surface area (Å²) in [5, 5.41) is 12.5. The van der Waals surface area contributed by atoms with Crippen LogP contribution < -0.4 is 5.32 Å². The van der Waals surface area contributed by atoms with Crippen LogP contribution in [0.1, 0.15) is 6.42 Å². The molecule has 0 aliphatic heterocycles. The van der Waals surface area contributed by atoms with Crippen molar-refractivity contribution in [2.24, 2.45) is 35.5 Å². The molecule has 1 aromatic rings. The highest BCUT2D eigenvalue weighted by Crippen LogP contribution is 2.63. The van der Waals surface area contributed by atoms with Crippen LogP contribution in [0.25, 0.3) is 0 Å². The number of nitrogens with one attached hydrogen (secondary N) is 1. The Labute approximate surface area is 136 Å². The molecule has 0 saturated heterocycles. The molecule has 6 atom stereocenters. The van der Waals surface area contributed by atoms with Crippen LogP contribution in [0.5, 0.6) is 0 Å². The van der Waals surface area contributed by atoms with E-state index in [1.807, 2.05) is 30.3 Å². The summed E-state index contributed by atoms with van der Waals surface area (Å²) < 4.78 is 0.939. The fourth-order valence-electron chi connectivity index (χ4n) is 4.33. The van der Waals surface area contributed by atoms with E-state index >= 15 is 0 Å². The number of hydrogen-bond acceptors (Lipinski definition) is 2. The molecule has 0 heterocycles. The van der Waals surface area contributed by atoms with E-state index in [0.29, 0.717) is 17.5 Å². The molecule has 4 aliphatic carbocycles. The zero-order valence-corrected chi connectivity index (χ0v) is 13.4. The molecule has 114 valence electrons. The molecule has 1 aromatic carbocycles. The highest BCUT2D eigenvalue weighted by Gasteiger charge is 2.62. The molecule has 0 spiro atoms. The van der Waals surface area contributed by atoms with Gasteiger partial charge in [-0.25, -0.2) is 0 Å². The Hall–Kier alpha value is -1.62. The minimum Gasteiger partial charge on any atom is -0.481 e. The third-order valence-electron chi connectivity index (χ3n) is 5.35. The molecule has 2 fully saturated rings. The van der Waals surface area contributed by atoms with Gasteiger partial charge in [0.25, 0.3) is 0 Å². The van der Waals surface area contributed by atoms with E-state index in [0.717, 1.165) is 10.9 Å². The number of carboxylic acid groups (broad SMARTS) is 1. The lowest BCUT2D eigenvalue weighted by molar-refractivity contribution is -0.152. The molecular weight excluding hydrogens is 346 g/mol. The van der Waals surface area contributed by atoms with Gasteiger partial charge in [0.1, 0.15) is 0 Å². The number of amides is 1. The molecule has 0 radical (unpaired) electrons. The summed E-state index contributed by atoms with van der Waals surface area (Å²) in [5.41, 5.74) is 0.704. The lowest BCUT2D eigenvalue weighted by Gasteiger charge is -2.41. The number of carbonyl (C=O) groups excluding carboxylic acids is 1. The third kappa shape index (κ3) is 2.10. The molecule has 5 heteroatoms. The second kappa shape index (κ2) is 4.95. The number of halogens is 1. The van der Waals surface area contributed by atoms with Crippen LogP contribution in [0, 0.1) is 35.5 Å². The van der Waals surface area contributed by atoms with Gasteiger partial charge >= 0.3 is 5.97 Å². The second-order valence-electron chi connectivity index (χ2n) is 6.49. The normalized spacial score (nSPS) is 37.5. The van der Waals surface area contributed by atoms with Gasteiger partial charge in [0.15, 0.2) is 0 Å². The molecule has 0 aromatic heterocycles. The fourth-order valence-corrected chi connectivity index (χ4v) is 4.59. The van der Waals surface area contributed by atoms with E-state index < -0.39 is 17.8 Å². The summed E-state index contributed by atoms with van der Waals surface area (Å²) >= 11 is 3.36. The van der Waals surface area contributed by atoms with Gasteiger partial charge in [0.05, 0.1) is 11.8 Å². The Morgan fingerprint density at radius 1 is 1.05 bits per heavy atom. The van der Waals surface area contributed by atoms with E-state index in [9.17, 15) is 14.7 Å². The van der Waals surface area contributed by atoms with Crippen LogP contribution in [0.4, 0.5) is 5.69 Å². The summed E-state index contributed by atoms with van der Waals surface area (Å²) in [4.78, 5) is 24.4. The van der Waals surface area contributed by atoms with E-state index in [2.05, 4.69) is 27.3 Å². The maximum Gasteiger partial charge on any atom is 0.307 e. The number of benzene rings is 1. The molecule has 4 aliphatic rings. The van der Waals surface area contributed by atoms with Crippen molar-refractivity contribution >= 4 is 33.5 Å². The number of carbonyl (C=O) groups is 2. The van der Waals surface area contributed by atoms with E-state index in [4.69, 9.17) is 0 Å². The number of aliphatic carboxylic acids is 1. The van der Waals surface area contributed by atoms with Crippen molar-refractivity contribution in [3.63, 3.8) is 0 Å². The van der Waals surface area contributed by atoms with Crippen LogP contribution in [0.2, 0.25) is 0 Å². The average Bonchev–Trinajstić information content (AvgIpc) is 3.30. The zero-order chi connectivity index (χ0) is 15.4. The number of anilines is 1. The smallest absolute Gasteiger partial charge is 0.307 e. The zero-order valence-electron chi connectivity index (χ0n) is 11.8. The standard InChI is InChI=1S/C17H16BrNO3/c18-8-1-3-9(4-2-8)19-16(20)14-10-5-6-11(13-7-12(10)13)15(14)17(21)22/h1-6,10-15H,7H2,(H,19,20)(H,21,22)/t10-,11-,12-,13-,14+,15+/m1/s1. The number of allylic oxidation sites excluding steroid dienone is 2. The summed E-state index contributed by atoms with van der Waals surface area (Å²) in [6.07, 6.45) is 5.17. The monoisotopic (exact) mass is 361 g/mol. The van der Waals surface area contributed by atoms with Gasteiger partial charge in [0, 0.05) is 10.2 Å². The lowest BCUT2D eigenvalue weighted by Crippen LogP contribution is -2.48. The van der Waals surface area contributed by atoms with E-state index in [1.165, 1.54) is 0 Å². The molecule has 1 amide bonds. The average molecular weight is 362 g/mol. The van der Waals surface area contributed by atoms with Gasteiger partial charge in [-0.15, -0.1) is 0 Å². The van der Waals surface area contributed by atoms with Crippen molar-refractivity contribution in [3.8, 4) is 0 Å². The highest BCUT2D eigenvalue weighted by molar-refractivity contribution is 9.10. The van der Waals surface area contributed by atoms with Crippen molar-refractivity contribution in [1.82, 2.24) is 0 Å². The van der Waals surface area contributed by atoms with Crippen molar-refractivity contribution in [2.45, 2.75) is 6.42 Å². The van der Waals surface area contributed by atoms with Crippen LogP contribution in [-0.4, -0.2) is 17.0 Å². The Kier molecular flexibility index (Phi) is 3.15. The van der Waals surface area contributed by atoms with Crippen molar-refractivity contribution < 1.29 is 14.7 Å². The van der Waals surface area contributed by atoms with Gasteiger partial charge in [-0.1, -0.05) is 28.1 Å². The summed E-state index contributed by atoms with van der Waals surface area (Å²) in [7, 11) is 0. The molecule has 2 saturated carbocycles. The topological polar surface area (TPSA) is 66.4 Å². The molecular formula is C17H16BrNO3. The van der Waals surface area contributed by atoms with Crippen LogP contribution in [0.15, 0.2) is 40.9 Å². The lowest BCUT2D eigenvalue weighted by atomic mass is 9.62. The van der Waals surface area contributed by atoms with Crippen molar-refractivity contribution in [3.05, 3.63) is 40.9 Å². The summed E-state index contributed by atoms with van der Waals surface area (Å²) in [5.74, 6) is -0.979. The van der Waals surface area contributed by atoms with Crippen LogP contribution in [-0.2, 0) is 9.59 Å². The molecule has 0 unspecified atom stereocenters. The van der Waals surface area contributed by atoms with Gasteiger partial charge < -0.3 is 10.4 Å². The van der Waals surface area contributed by atoms with Gasteiger partial charge in [-0.05, 0) is 54.4 Å². The Morgan fingerprint density at radius 3 is 2.23 bits per heavy atom. The van der Waals surface area contributed by atoms with Crippen molar-refractivity contribution in [2.75, 3.05) is 5.32 Å². The first-order chi connectivity index (χ1) is 10.6. The SMILES string of the molecule is O=C(O)[C@H]1[C@@H]2C=C[C@H]([C@H]3C[C@H]23)[C@@H]1C(=O)Nc1ccc(Br)cc1. The van der Waals surface area contributed by atoms with Crippen molar-refractivity contribution in [1.29, 1.82) is 0 Å². The molecule has 2 bridgehead atoms. The van der Waals surface area contributed by atoms with E-state index in [1.54, 1.807) is 0 Å². The first-order valence-corrected chi connectivity index (χ1v) is 8.33. The van der Waals surface area contributed by atoms with Gasteiger partial charge in [-0.3, -0.25) is 9.59 Å². The highest BCUT2D eigenvalue weighted by atomic mass is 79.9. The molecule has 22 heavy (non-hydrogen) atoms. The van der Waals surface area contributed by atoms with Gasteiger partial charge in [0.2, 0.25) is 5.91 Å². The number of carboxylic acids is 1. The quantitative estimate of drug-likeness (QED) is 0.812. The third-order valence-corrected chi connectivity index (χ3v) is 5.88. The van der Waals surface area contributed by atoms with Gasteiger partial charge in [-0.2, -0.15) is 0 Å². The fraction of sp³-hybridized carbons (Fsp3) is 0.412. The summed E-state index contributed by atoms with van der Waals surface area (Å²) in [6, 6.07) is 7.34. The first-order valence-electron chi connectivity index (χ1n) is 7.54. The Morgan fingerprint density at radius 2 is 1.64 bits per heavy atom. The predicted octanol–water partition coefficient (Wildman–Crippen LogP) is 3.16. The second-order valence-corrected chi connectivity index (χ2v) is 7.40. The minimum absolute atomic E-state index is 0.0215. The molecule has 4 nitrogen and oxygen atoms in total. The van der Waals surface area contributed by atoms with E-state index in [-0.39, 0.29) is 17.7 Å². The number of rotatable bonds is 3. The molecule has 2 N–H and O–H groups in total. The Bertz CT molecular complexity index is 669. The maximum atomic E-state index is 12.7. The minimum atomic E-state index is -0.847. The van der Waals surface area contributed by atoms with Crippen LogP contribution in [0.3, 0.4) is 0 Å².